The molecule has 0 aliphatic heterocycles. The first-order chi connectivity index (χ1) is 9.26. The summed E-state index contributed by atoms with van der Waals surface area (Å²) in [4.78, 5) is 15.2. The van der Waals surface area contributed by atoms with Gasteiger partial charge in [-0.3, -0.25) is 4.79 Å². The lowest BCUT2D eigenvalue weighted by atomic mass is 10.2. The number of benzene rings is 1. The van der Waals surface area contributed by atoms with Crippen LogP contribution in [0.2, 0.25) is 0 Å². The van der Waals surface area contributed by atoms with E-state index in [0.717, 1.165) is 5.56 Å². The third kappa shape index (κ3) is 6.42. The minimum absolute atomic E-state index is 0.202. The average molecular weight is 266 g/mol. The summed E-state index contributed by atoms with van der Waals surface area (Å²) < 4.78 is 10.3. The maximum absolute atomic E-state index is 11.1. The molecule has 0 atom stereocenters. The van der Waals surface area contributed by atoms with Crippen LogP contribution in [0.4, 0.5) is 0 Å². The van der Waals surface area contributed by atoms with Crippen molar-refractivity contribution < 1.29 is 19.2 Å². The molecular formula is C13H18N2O4. The van der Waals surface area contributed by atoms with Gasteiger partial charge in [-0.15, -0.1) is 5.90 Å². The highest BCUT2D eigenvalue weighted by Crippen LogP contribution is 2.12. The summed E-state index contributed by atoms with van der Waals surface area (Å²) >= 11 is 0. The molecule has 1 aromatic carbocycles. The predicted octanol–water partition coefficient (Wildman–Crippen LogP) is 1.63. The molecule has 0 fully saturated rings. The zero-order chi connectivity index (χ0) is 13.9. The van der Waals surface area contributed by atoms with Crippen LogP contribution in [-0.4, -0.2) is 25.4 Å². The van der Waals surface area contributed by atoms with E-state index in [9.17, 15) is 4.79 Å². The first-order valence-corrected chi connectivity index (χ1v) is 6.04. The number of esters is 1. The van der Waals surface area contributed by atoms with E-state index in [2.05, 4.69) is 10.1 Å². The molecule has 1 aromatic rings. The van der Waals surface area contributed by atoms with E-state index in [-0.39, 0.29) is 5.97 Å². The normalized spacial score (nSPS) is 10.4. The summed E-state index contributed by atoms with van der Waals surface area (Å²) in [5.74, 6) is 5.29. The summed E-state index contributed by atoms with van der Waals surface area (Å²) in [5.41, 5.74) is 0.813. The Bertz CT molecular complexity index is 421. The number of carbonyl (C=O) groups excluding carboxylic acids is 1. The molecule has 0 aliphatic carbocycles. The molecule has 1 rings (SSSR count). The Morgan fingerprint density at radius 1 is 1.47 bits per heavy atom. The van der Waals surface area contributed by atoms with Gasteiger partial charge in [-0.2, -0.15) is 0 Å². The number of hydrogen-bond acceptors (Lipinski definition) is 6. The largest absolute Gasteiger partial charge is 0.494 e. The van der Waals surface area contributed by atoms with Crippen LogP contribution in [0, 0.1) is 0 Å². The van der Waals surface area contributed by atoms with Crippen molar-refractivity contribution in [3.8, 4) is 5.75 Å². The molecule has 0 heterocycles. The second-order valence-corrected chi connectivity index (χ2v) is 3.67. The van der Waals surface area contributed by atoms with E-state index in [1.807, 2.05) is 18.2 Å². The van der Waals surface area contributed by atoms with E-state index in [0.29, 0.717) is 31.8 Å². The minimum Gasteiger partial charge on any atom is -0.494 e. The minimum atomic E-state index is -0.202. The van der Waals surface area contributed by atoms with Gasteiger partial charge in [0.25, 0.3) is 0 Å². The highest BCUT2D eigenvalue weighted by atomic mass is 16.7. The van der Waals surface area contributed by atoms with Crippen molar-refractivity contribution in [2.45, 2.75) is 19.8 Å². The van der Waals surface area contributed by atoms with Gasteiger partial charge in [-0.1, -0.05) is 17.3 Å². The Morgan fingerprint density at radius 2 is 2.32 bits per heavy atom. The van der Waals surface area contributed by atoms with E-state index in [1.165, 1.54) is 6.21 Å². The summed E-state index contributed by atoms with van der Waals surface area (Å²) in [6.07, 6.45) is 2.45. The third-order valence-electron chi connectivity index (χ3n) is 2.22. The topological polar surface area (TPSA) is 83.1 Å². The van der Waals surface area contributed by atoms with Crippen molar-refractivity contribution in [2.24, 2.45) is 11.1 Å². The van der Waals surface area contributed by atoms with Gasteiger partial charge < -0.3 is 14.4 Å². The zero-order valence-electron chi connectivity index (χ0n) is 10.9. The Morgan fingerprint density at radius 3 is 3.05 bits per heavy atom. The molecule has 0 saturated carbocycles. The van der Waals surface area contributed by atoms with Gasteiger partial charge >= 0.3 is 5.97 Å². The van der Waals surface area contributed by atoms with Crippen LogP contribution in [0.1, 0.15) is 25.3 Å². The highest BCUT2D eigenvalue weighted by molar-refractivity contribution is 5.79. The molecule has 0 spiro atoms. The SMILES string of the molecule is CCOC(=O)CCCOc1cccc(C=NON)c1. The second-order valence-electron chi connectivity index (χ2n) is 3.67. The fraction of sp³-hybridized carbons (Fsp3) is 0.385. The van der Waals surface area contributed by atoms with E-state index in [1.54, 1.807) is 13.0 Å². The number of rotatable bonds is 8. The molecule has 0 aromatic heterocycles. The molecule has 0 saturated heterocycles. The lowest BCUT2D eigenvalue weighted by molar-refractivity contribution is -0.143. The summed E-state index contributed by atoms with van der Waals surface area (Å²) in [6, 6.07) is 7.30. The molecular weight excluding hydrogens is 248 g/mol. The maximum Gasteiger partial charge on any atom is 0.305 e. The number of nitrogens with two attached hydrogens (primary N) is 1. The molecule has 0 radical (unpaired) electrons. The first-order valence-electron chi connectivity index (χ1n) is 6.04. The number of ether oxygens (including phenoxy) is 2. The Balaban J connectivity index is 2.33. The molecule has 6 nitrogen and oxygen atoms in total. The van der Waals surface area contributed by atoms with Crippen LogP contribution in [0.3, 0.4) is 0 Å². The highest BCUT2D eigenvalue weighted by Gasteiger charge is 2.01. The Kier molecular flexibility index (Phi) is 7.04. The molecule has 0 aliphatic rings. The molecule has 2 N–H and O–H groups in total. The van der Waals surface area contributed by atoms with Crippen molar-refractivity contribution in [3.05, 3.63) is 29.8 Å². The zero-order valence-corrected chi connectivity index (χ0v) is 10.9. The van der Waals surface area contributed by atoms with Crippen LogP contribution in [0.15, 0.2) is 29.4 Å². The van der Waals surface area contributed by atoms with Crippen LogP contribution in [0.5, 0.6) is 5.75 Å². The van der Waals surface area contributed by atoms with Gasteiger partial charge in [-0.25, -0.2) is 0 Å². The second kappa shape index (κ2) is 8.93. The maximum atomic E-state index is 11.1. The van der Waals surface area contributed by atoms with Crippen molar-refractivity contribution >= 4 is 12.2 Å². The Hall–Kier alpha value is -2.08. The van der Waals surface area contributed by atoms with Crippen LogP contribution < -0.4 is 10.6 Å². The molecule has 19 heavy (non-hydrogen) atoms. The summed E-state index contributed by atoms with van der Waals surface area (Å²) in [6.45, 7) is 2.64. The lowest BCUT2D eigenvalue weighted by Gasteiger charge is -2.06. The van der Waals surface area contributed by atoms with Gasteiger partial charge in [0.15, 0.2) is 0 Å². The summed E-state index contributed by atoms with van der Waals surface area (Å²) in [7, 11) is 0. The van der Waals surface area contributed by atoms with Crippen LogP contribution >= 0.6 is 0 Å². The van der Waals surface area contributed by atoms with E-state index < -0.39 is 0 Å². The van der Waals surface area contributed by atoms with Crippen LogP contribution in [0.25, 0.3) is 0 Å². The van der Waals surface area contributed by atoms with Gasteiger partial charge in [-0.05, 0) is 31.0 Å². The number of oxime groups is 1. The standard InChI is InChI=1S/C13H18N2O4/c1-2-17-13(16)7-4-8-18-12-6-3-5-11(9-12)10-15-19-14/h3,5-6,9-10H,2,4,7-8,14H2,1H3. The lowest BCUT2D eigenvalue weighted by Crippen LogP contribution is -2.06. The molecule has 0 amide bonds. The van der Waals surface area contributed by atoms with Gasteiger partial charge in [0.05, 0.1) is 19.4 Å². The third-order valence-corrected chi connectivity index (χ3v) is 2.22. The molecule has 0 unspecified atom stereocenters. The smallest absolute Gasteiger partial charge is 0.305 e. The van der Waals surface area contributed by atoms with Crippen LogP contribution in [-0.2, 0) is 14.5 Å². The molecule has 6 heteroatoms. The first kappa shape index (κ1) is 15.0. The fourth-order valence-electron chi connectivity index (χ4n) is 1.42. The van der Waals surface area contributed by atoms with Gasteiger partial charge in [0.2, 0.25) is 0 Å². The van der Waals surface area contributed by atoms with E-state index in [4.69, 9.17) is 15.4 Å². The van der Waals surface area contributed by atoms with Crippen molar-refractivity contribution in [2.75, 3.05) is 13.2 Å². The number of hydrogen-bond donors (Lipinski definition) is 1. The molecule has 0 bridgehead atoms. The average Bonchev–Trinajstić information content (AvgIpc) is 2.42. The Labute approximate surface area is 112 Å². The van der Waals surface area contributed by atoms with Gasteiger partial charge in [0.1, 0.15) is 5.75 Å². The van der Waals surface area contributed by atoms with Crippen molar-refractivity contribution in [1.29, 1.82) is 0 Å². The van der Waals surface area contributed by atoms with E-state index >= 15 is 0 Å². The number of nitrogens with zero attached hydrogens (tertiary/aromatic N) is 1. The summed E-state index contributed by atoms with van der Waals surface area (Å²) in [5, 5.41) is 3.46. The van der Waals surface area contributed by atoms with Crippen molar-refractivity contribution in [3.63, 3.8) is 0 Å². The van der Waals surface area contributed by atoms with Crippen molar-refractivity contribution in [1.82, 2.24) is 0 Å². The quantitative estimate of drug-likeness (QED) is 0.334. The molecule has 104 valence electrons. The monoisotopic (exact) mass is 266 g/mol. The van der Waals surface area contributed by atoms with Gasteiger partial charge in [0, 0.05) is 6.42 Å². The predicted molar refractivity (Wildman–Crippen MR) is 70.7 cm³/mol. The number of carbonyl (C=O) groups is 1. The fourth-order valence-corrected chi connectivity index (χ4v) is 1.42.